The van der Waals surface area contributed by atoms with E-state index in [1.807, 2.05) is 0 Å². The van der Waals surface area contributed by atoms with E-state index in [0.717, 1.165) is 0 Å². The lowest BCUT2D eigenvalue weighted by Crippen LogP contribution is -2.15. The SMILES string of the molecule is CC(C)(O)c1ccc(F)c(Cl)c1. The van der Waals surface area contributed by atoms with Crippen molar-refractivity contribution in [2.75, 3.05) is 0 Å². The third-order valence-electron chi connectivity index (χ3n) is 1.63. The number of rotatable bonds is 1. The summed E-state index contributed by atoms with van der Waals surface area (Å²) in [5, 5.41) is 9.56. The van der Waals surface area contributed by atoms with Gasteiger partial charge in [0.05, 0.1) is 10.6 Å². The number of aliphatic hydroxyl groups is 1. The van der Waals surface area contributed by atoms with E-state index in [1.165, 1.54) is 18.2 Å². The van der Waals surface area contributed by atoms with Crippen molar-refractivity contribution in [3.63, 3.8) is 0 Å². The van der Waals surface area contributed by atoms with Gasteiger partial charge in [-0.2, -0.15) is 0 Å². The molecule has 0 radical (unpaired) electrons. The highest BCUT2D eigenvalue weighted by Gasteiger charge is 2.16. The average molecular weight is 189 g/mol. The Bertz CT molecular complexity index is 291. The lowest BCUT2D eigenvalue weighted by Gasteiger charge is -2.17. The topological polar surface area (TPSA) is 20.2 Å². The lowest BCUT2D eigenvalue weighted by atomic mass is 9.99. The van der Waals surface area contributed by atoms with Gasteiger partial charge in [-0.15, -0.1) is 0 Å². The normalized spacial score (nSPS) is 11.8. The zero-order valence-corrected chi connectivity index (χ0v) is 7.69. The Morgan fingerprint density at radius 2 is 2.00 bits per heavy atom. The fraction of sp³-hybridized carbons (Fsp3) is 0.333. The first-order valence-electron chi connectivity index (χ1n) is 3.59. The predicted molar refractivity (Wildman–Crippen MR) is 46.7 cm³/mol. The van der Waals surface area contributed by atoms with Crippen molar-refractivity contribution in [3.8, 4) is 0 Å². The summed E-state index contributed by atoms with van der Waals surface area (Å²) in [6.07, 6.45) is 0. The quantitative estimate of drug-likeness (QED) is 0.719. The highest BCUT2D eigenvalue weighted by atomic mass is 35.5. The summed E-state index contributed by atoms with van der Waals surface area (Å²) >= 11 is 5.53. The fourth-order valence-corrected chi connectivity index (χ4v) is 1.06. The molecule has 0 aliphatic rings. The minimum absolute atomic E-state index is 0.0367. The maximum absolute atomic E-state index is 12.7. The van der Waals surface area contributed by atoms with Gasteiger partial charge >= 0.3 is 0 Å². The monoisotopic (exact) mass is 188 g/mol. The van der Waals surface area contributed by atoms with E-state index in [9.17, 15) is 9.50 Å². The van der Waals surface area contributed by atoms with E-state index in [2.05, 4.69) is 0 Å². The first-order valence-corrected chi connectivity index (χ1v) is 3.97. The fourth-order valence-electron chi connectivity index (χ4n) is 0.877. The first-order chi connectivity index (χ1) is 5.41. The predicted octanol–water partition coefficient (Wildman–Crippen LogP) is 2.71. The summed E-state index contributed by atoms with van der Waals surface area (Å²) in [7, 11) is 0. The Balaban J connectivity index is 3.14. The van der Waals surface area contributed by atoms with E-state index < -0.39 is 11.4 Å². The smallest absolute Gasteiger partial charge is 0.141 e. The maximum atomic E-state index is 12.7. The zero-order valence-electron chi connectivity index (χ0n) is 6.94. The molecule has 1 aromatic rings. The van der Waals surface area contributed by atoms with Crippen LogP contribution < -0.4 is 0 Å². The first kappa shape index (κ1) is 9.49. The standard InChI is InChI=1S/C9H10ClFO/c1-9(2,12)6-3-4-8(11)7(10)5-6/h3-5,12H,1-2H3. The van der Waals surface area contributed by atoms with E-state index >= 15 is 0 Å². The molecule has 0 saturated heterocycles. The minimum atomic E-state index is -0.975. The zero-order chi connectivity index (χ0) is 9.35. The van der Waals surface area contributed by atoms with Crippen molar-refractivity contribution in [2.24, 2.45) is 0 Å². The molecule has 0 aliphatic carbocycles. The lowest BCUT2D eigenvalue weighted by molar-refractivity contribution is 0.0785. The van der Waals surface area contributed by atoms with Crippen molar-refractivity contribution < 1.29 is 9.50 Å². The van der Waals surface area contributed by atoms with Gasteiger partial charge in [-0.05, 0) is 31.5 Å². The Labute approximate surface area is 75.8 Å². The molecular weight excluding hydrogens is 179 g/mol. The van der Waals surface area contributed by atoms with Crippen LogP contribution in [0.3, 0.4) is 0 Å². The highest BCUT2D eigenvalue weighted by Crippen LogP contribution is 2.24. The van der Waals surface area contributed by atoms with Crippen LogP contribution in [0.5, 0.6) is 0 Å². The molecule has 0 unspecified atom stereocenters. The van der Waals surface area contributed by atoms with Gasteiger partial charge in [-0.1, -0.05) is 17.7 Å². The van der Waals surface area contributed by atoms with Crippen LogP contribution in [0.15, 0.2) is 18.2 Å². The Kier molecular flexibility index (Phi) is 2.40. The second-order valence-corrected chi connectivity index (χ2v) is 3.60. The third-order valence-corrected chi connectivity index (χ3v) is 1.92. The van der Waals surface area contributed by atoms with Crippen LogP contribution in [0.2, 0.25) is 5.02 Å². The van der Waals surface area contributed by atoms with Gasteiger partial charge in [0.25, 0.3) is 0 Å². The summed E-state index contributed by atoms with van der Waals surface area (Å²) in [6.45, 7) is 3.24. The van der Waals surface area contributed by atoms with Crippen molar-refractivity contribution in [1.29, 1.82) is 0 Å². The molecule has 0 spiro atoms. The van der Waals surface area contributed by atoms with Crippen LogP contribution in [0, 0.1) is 5.82 Å². The highest BCUT2D eigenvalue weighted by molar-refractivity contribution is 6.30. The van der Waals surface area contributed by atoms with Crippen molar-refractivity contribution in [3.05, 3.63) is 34.6 Å². The molecule has 1 rings (SSSR count). The molecular formula is C9H10ClFO. The molecule has 0 heterocycles. The van der Waals surface area contributed by atoms with Gasteiger partial charge in [0, 0.05) is 0 Å². The summed E-state index contributed by atoms with van der Waals surface area (Å²) < 4.78 is 12.7. The molecule has 12 heavy (non-hydrogen) atoms. The van der Waals surface area contributed by atoms with Gasteiger partial charge in [0.15, 0.2) is 0 Å². The van der Waals surface area contributed by atoms with Crippen LogP contribution in [-0.2, 0) is 5.60 Å². The van der Waals surface area contributed by atoms with Crippen LogP contribution in [-0.4, -0.2) is 5.11 Å². The molecule has 0 fully saturated rings. The van der Waals surface area contributed by atoms with Crippen LogP contribution >= 0.6 is 11.6 Å². The van der Waals surface area contributed by atoms with E-state index in [4.69, 9.17) is 11.6 Å². The Morgan fingerprint density at radius 1 is 1.42 bits per heavy atom. The molecule has 1 N–H and O–H groups in total. The largest absolute Gasteiger partial charge is 0.386 e. The number of hydrogen-bond donors (Lipinski definition) is 1. The van der Waals surface area contributed by atoms with Crippen LogP contribution in [0.25, 0.3) is 0 Å². The maximum Gasteiger partial charge on any atom is 0.141 e. The number of halogens is 2. The van der Waals surface area contributed by atoms with Gasteiger partial charge < -0.3 is 5.11 Å². The molecule has 0 saturated carbocycles. The summed E-state index contributed by atoms with van der Waals surface area (Å²) in [4.78, 5) is 0. The molecule has 0 aliphatic heterocycles. The van der Waals surface area contributed by atoms with Gasteiger partial charge in [0.1, 0.15) is 5.82 Å². The van der Waals surface area contributed by atoms with Crippen molar-refractivity contribution in [1.82, 2.24) is 0 Å². The molecule has 3 heteroatoms. The molecule has 1 aromatic carbocycles. The van der Waals surface area contributed by atoms with Gasteiger partial charge in [-0.3, -0.25) is 0 Å². The molecule has 0 aromatic heterocycles. The van der Waals surface area contributed by atoms with Gasteiger partial charge in [0.2, 0.25) is 0 Å². The Morgan fingerprint density at radius 3 is 2.42 bits per heavy atom. The summed E-state index contributed by atoms with van der Waals surface area (Å²) in [5.41, 5.74) is -0.369. The van der Waals surface area contributed by atoms with Crippen molar-refractivity contribution in [2.45, 2.75) is 19.4 Å². The van der Waals surface area contributed by atoms with E-state index in [0.29, 0.717) is 5.56 Å². The molecule has 66 valence electrons. The van der Waals surface area contributed by atoms with Crippen LogP contribution in [0.1, 0.15) is 19.4 Å². The second kappa shape index (κ2) is 3.04. The third kappa shape index (κ3) is 1.96. The second-order valence-electron chi connectivity index (χ2n) is 3.19. The molecule has 1 nitrogen and oxygen atoms in total. The number of hydrogen-bond acceptors (Lipinski definition) is 1. The summed E-state index contributed by atoms with van der Waals surface area (Å²) in [6, 6.07) is 4.19. The summed E-state index contributed by atoms with van der Waals surface area (Å²) in [5.74, 6) is -0.468. The van der Waals surface area contributed by atoms with Gasteiger partial charge in [-0.25, -0.2) is 4.39 Å². The molecule has 0 bridgehead atoms. The van der Waals surface area contributed by atoms with Crippen molar-refractivity contribution >= 4 is 11.6 Å². The van der Waals surface area contributed by atoms with Crippen LogP contribution in [0.4, 0.5) is 4.39 Å². The number of benzene rings is 1. The van der Waals surface area contributed by atoms with E-state index in [1.54, 1.807) is 13.8 Å². The molecule has 0 atom stereocenters. The Hall–Kier alpha value is -0.600. The minimum Gasteiger partial charge on any atom is -0.386 e. The molecule has 0 amide bonds. The average Bonchev–Trinajstić information content (AvgIpc) is 1.92. The van der Waals surface area contributed by atoms with E-state index in [-0.39, 0.29) is 5.02 Å².